The first-order valence-electron chi connectivity index (χ1n) is 5.03. The maximum Gasteiger partial charge on any atom is 0.241 e. The third kappa shape index (κ3) is 2.73. The van der Waals surface area contributed by atoms with Gasteiger partial charge < -0.3 is 10.6 Å². The summed E-state index contributed by atoms with van der Waals surface area (Å²) in [4.78, 5) is 11.8. The van der Waals surface area contributed by atoms with Crippen molar-refractivity contribution in [3.63, 3.8) is 0 Å². The number of para-hydroxylation sites is 1. The topological polar surface area (TPSA) is 41.1 Å². The van der Waals surface area contributed by atoms with E-state index in [9.17, 15) is 4.79 Å². The standard InChI is InChI=1S/C11H14N2OS/c14-11(10-6-9(15)7-12-10)13-8-4-2-1-3-5-8/h1-5,9-10,12,15H,6-7H2,(H,13,14)/t9-,10-/m0/s1. The fraction of sp³-hybridized carbons (Fsp3) is 0.364. The molecule has 3 nitrogen and oxygen atoms in total. The molecule has 0 unspecified atom stereocenters. The highest BCUT2D eigenvalue weighted by Crippen LogP contribution is 2.14. The minimum atomic E-state index is -0.104. The van der Waals surface area contributed by atoms with Crippen molar-refractivity contribution < 1.29 is 4.79 Å². The molecule has 1 amide bonds. The maximum atomic E-state index is 11.8. The van der Waals surface area contributed by atoms with Gasteiger partial charge in [0.2, 0.25) is 5.91 Å². The van der Waals surface area contributed by atoms with Gasteiger partial charge in [-0.05, 0) is 18.6 Å². The predicted molar refractivity (Wildman–Crippen MR) is 64.3 cm³/mol. The summed E-state index contributed by atoms with van der Waals surface area (Å²) in [6.45, 7) is 0.802. The average molecular weight is 222 g/mol. The van der Waals surface area contributed by atoms with E-state index < -0.39 is 0 Å². The molecule has 0 saturated carbocycles. The van der Waals surface area contributed by atoms with Gasteiger partial charge in [0, 0.05) is 17.5 Å². The first kappa shape index (κ1) is 10.5. The van der Waals surface area contributed by atoms with Crippen LogP contribution in [-0.4, -0.2) is 23.7 Å². The molecule has 0 bridgehead atoms. The van der Waals surface area contributed by atoms with Gasteiger partial charge in [-0.2, -0.15) is 12.6 Å². The zero-order valence-corrected chi connectivity index (χ0v) is 9.21. The third-order valence-electron chi connectivity index (χ3n) is 2.47. The molecule has 0 aliphatic carbocycles. The molecular formula is C11H14N2OS. The van der Waals surface area contributed by atoms with Crippen LogP contribution < -0.4 is 10.6 Å². The van der Waals surface area contributed by atoms with Gasteiger partial charge in [0.15, 0.2) is 0 Å². The lowest BCUT2D eigenvalue weighted by Gasteiger charge is -2.10. The number of thiol groups is 1. The zero-order valence-electron chi connectivity index (χ0n) is 8.31. The number of carbonyl (C=O) groups excluding carboxylic acids is 1. The largest absolute Gasteiger partial charge is 0.325 e. The number of hydrogen-bond donors (Lipinski definition) is 3. The maximum absolute atomic E-state index is 11.8. The molecule has 0 spiro atoms. The molecule has 1 fully saturated rings. The lowest BCUT2D eigenvalue weighted by Crippen LogP contribution is -2.35. The molecular weight excluding hydrogens is 208 g/mol. The number of anilines is 1. The molecule has 1 aromatic carbocycles. The molecule has 1 aliphatic rings. The van der Waals surface area contributed by atoms with Crippen molar-refractivity contribution in [1.82, 2.24) is 5.32 Å². The normalized spacial score (nSPS) is 25.1. The zero-order chi connectivity index (χ0) is 10.7. The number of carbonyl (C=O) groups is 1. The summed E-state index contributed by atoms with van der Waals surface area (Å²) in [7, 11) is 0. The highest BCUT2D eigenvalue weighted by Gasteiger charge is 2.27. The van der Waals surface area contributed by atoms with Crippen LogP contribution in [0.15, 0.2) is 30.3 Å². The van der Waals surface area contributed by atoms with E-state index in [1.807, 2.05) is 30.3 Å². The van der Waals surface area contributed by atoms with E-state index >= 15 is 0 Å². The van der Waals surface area contributed by atoms with E-state index in [1.165, 1.54) is 0 Å². The Morgan fingerprint density at radius 1 is 1.40 bits per heavy atom. The minimum absolute atomic E-state index is 0.0257. The molecule has 2 rings (SSSR count). The fourth-order valence-electron chi connectivity index (χ4n) is 1.67. The Bertz CT molecular complexity index is 342. The molecule has 1 aliphatic heterocycles. The minimum Gasteiger partial charge on any atom is -0.325 e. The van der Waals surface area contributed by atoms with Crippen LogP contribution in [0.1, 0.15) is 6.42 Å². The SMILES string of the molecule is O=C(Nc1ccccc1)[C@@H]1C[C@H](S)CN1. The van der Waals surface area contributed by atoms with Crippen molar-refractivity contribution in [1.29, 1.82) is 0 Å². The molecule has 2 N–H and O–H groups in total. The van der Waals surface area contributed by atoms with Crippen molar-refractivity contribution in [2.24, 2.45) is 0 Å². The number of hydrogen-bond acceptors (Lipinski definition) is 3. The molecule has 0 radical (unpaired) electrons. The highest BCUT2D eigenvalue weighted by molar-refractivity contribution is 7.81. The van der Waals surface area contributed by atoms with Crippen LogP contribution in [0.25, 0.3) is 0 Å². The van der Waals surface area contributed by atoms with Gasteiger partial charge in [-0.15, -0.1) is 0 Å². The van der Waals surface area contributed by atoms with Crippen LogP contribution in [0.4, 0.5) is 5.69 Å². The molecule has 15 heavy (non-hydrogen) atoms. The van der Waals surface area contributed by atoms with Gasteiger partial charge in [0.25, 0.3) is 0 Å². The summed E-state index contributed by atoms with van der Waals surface area (Å²) >= 11 is 4.33. The van der Waals surface area contributed by atoms with Gasteiger partial charge >= 0.3 is 0 Å². The van der Waals surface area contributed by atoms with Crippen LogP contribution in [0.2, 0.25) is 0 Å². The lowest BCUT2D eigenvalue weighted by molar-refractivity contribution is -0.117. The molecule has 4 heteroatoms. The third-order valence-corrected chi connectivity index (χ3v) is 2.86. The van der Waals surface area contributed by atoms with Crippen molar-refractivity contribution in [2.45, 2.75) is 17.7 Å². The van der Waals surface area contributed by atoms with E-state index in [4.69, 9.17) is 0 Å². The number of amides is 1. The smallest absolute Gasteiger partial charge is 0.241 e. The summed E-state index contributed by atoms with van der Waals surface area (Å²) in [6.07, 6.45) is 0.793. The van der Waals surface area contributed by atoms with Crippen LogP contribution >= 0.6 is 12.6 Å². The lowest BCUT2D eigenvalue weighted by atomic mass is 10.2. The summed E-state index contributed by atoms with van der Waals surface area (Å²) in [5.74, 6) is 0.0257. The Balaban J connectivity index is 1.93. The van der Waals surface area contributed by atoms with Crippen LogP contribution in [-0.2, 0) is 4.79 Å². The Kier molecular flexibility index (Phi) is 3.28. The Hall–Kier alpha value is -1.00. The predicted octanol–water partition coefficient (Wildman–Crippen LogP) is 1.29. The van der Waals surface area contributed by atoms with Crippen molar-refractivity contribution in [2.75, 3.05) is 11.9 Å². The quantitative estimate of drug-likeness (QED) is 0.660. The number of rotatable bonds is 2. The molecule has 2 atom stereocenters. The van der Waals surface area contributed by atoms with E-state index in [1.54, 1.807) is 0 Å². The monoisotopic (exact) mass is 222 g/mol. The average Bonchev–Trinajstić information content (AvgIpc) is 2.66. The van der Waals surface area contributed by atoms with Crippen LogP contribution in [0.5, 0.6) is 0 Å². The summed E-state index contributed by atoms with van der Waals surface area (Å²) in [5, 5.41) is 6.30. The Morgan fingerprint density at radius 3 is 2.73 bits per heavy atom. The highest BCUT2D eigenvalue weighted by atomic mass is 32.1. The summed E-state index contributed by atoms with van der Waals surface area (Å²) < 4.78 is 0. The van der Waals surface area contributed by atoms with Gasteiger partial charge in [0.05, 0.1) is 6.04 Å². The molecule has 1 saturated heterocycles. The van der Waals surface area contributed by atoms with Gasteiger partial charge in [-0.1, -0.05) is 18.2 Å². The molecule has 80 valence electrons. The van der Waals surface area contributed by atoms with E-state index in [-0.39, 0.29) is 17.2 Å². The second-order valence-electron chi connectivity index (χ2n) is 3.71. The van der Waals surface area contributed by atoms with E-state index in [0.29, 0.717) is 0 Å². The summed E-state index contributed by atoms with van der Waals surface area (Å²) in [5.41, 5.74) is 0.840. The Labute approximate surface area is 94.7 Å². The first-order chi connectivity index (χ1) is 7.25. The summed E-state index contributed by atoms with van der Waals surface area (Å²) in [6, 6.07) is 9.38. The van der Waals surface area contributed by atoms with Gasteiger partial charge in [0.1, 0.15) is 0 Å². The molecule has 1 aromatic rings. The first-order valence-corrected chi connectivity index (χ1v) is 5.55. The Morgan fingerprint density at radius 2 is 2.13 bits per heavy atom. The fourth-order valence-corrected chi connectivity index (χ4v) is 1.98. The van der Waals surface area contributed by atoms with Gasteiger partial charge in [-0.3, -0.25) is 4.79 Å². The number of nitrogens with one attached hydrogen (secondary N) is 2. The van der Waals surface area contributed by atoms with E-state index in [0.717, 1.165) is 18.7 Å². The van der Waals surface area contributed by atoms with Crippen molar-refractivity contribution >= 4 is 24.2 Å². The van der Waals surface area contributed by atoms with Crippen molar-refractivity contribution in [3.05, 3.63) is 30.3 Å². The van der Waals surface area contributed by atoms with Crippen LogP contribution in [0.3, 0.4) is 0 Å². The van der Waals surface area contributed by atoms with Crippen molar-refractivity contribution in [3.8, 4) is 0 Å². The van der Waals surface area contributed by atoms with Crippen LogP contribution in [0, 0.1) is 0 Å². The molecule has 0 aromatic heterocycles. The molecule has 1 heterocycles. The number of benzene rings is 1. The van der Waals surface area contributed by atoms with Gasteiger partial charge in [-0.25, -0.2) is 0 Å². The van der Waals surface area contributed by atoms with E-state index in [2.05, 4.69) is 23.3 Å². The second-order valence-corrected chi connectivity index (χ2v) is 4.44. The second kappa shape index (κ2) is 4.68.